The van der Waals surface area contributed by atoms with E-state index in [9.17, 15) is 4.79 Å². The van der Waals surface area contributed by atoms with E-state index < -0.39 is 5.60 Å². The normalized spacial score (nSPS) is 11.3. The van der Waals surface area contributed by atoms with Crippen molar-refractivity contribution < 1.29 is 14.3 Å². The molecule has 0 N–H and O–H groups in total. The van der Waals surface area contributed by atoms with Gasteiger partial charge < -0.3 is 9.47 Å². The summed E-state index contributed by atoms with van der Waals surface area (Å²) in [5.41, 5.74) is 2.33. The van der Waals surface area contributed by atoms with E-state index in [-0.39, 0.29) is 11.7 Å². The first kappa shape index (κ1) is 20.9. The van der Waals surface area contributed by atoms with Gasteiger partial charge in [-0.25, -0.2) is 0 Å². The summed E-state index contributed by atoms with van der Waals surface area (Å²) in [5, 5.41) is 9.41. The Balaban J connectivity index is 2.03. The number of rotatable bonds is 6. The van der Waals surface area contributed by atoms with Gasteiger partial charge in [0.05, 0.1) is 24.1 Å². The minimum absolute atomic E-state index is 0.146. The second-order valence-electron chi connectivity index (χ2n) is 7.50. The van der Waals surface area contributed by atoms with Gasteiger partial charge in [-0.05, 0) is 51.5 Å². The lowest BCUT2D eigenvalue weighted by Crippen LogP contribution is -2.25. The van der Waals surface area contributed by atoms with Crippen LogP contribution in [0.3, 0.4) is 0 Å². The van der Waals surface area contributed by atoms with Crippen LogP contribution in [0.5, 0.6) is 5.75 Å². The molecule has 6 nitrogen and oxygen atoms in total. The highest BCUT2D eigenvalue weighted by Crippen LogP contribution is 2.34. The number of carbonyl (C=O) groups is 1. The van der Waals surface area contributed by atoms with Crippen LogP contribution in [-0.4, -0.2) is 39.2 Å². The molecule has 0 aliphatic rings. The molecule has 1 heterocycles. The number of ether oxygens (including phenoxy) is 2. The van der Waals surface area contributed by atoms with E-state index in [1.165, 1.54) is 11.8 Å². The molecule has 1 aromatic heterocycles. The van der Waals surface area contributed by atoms with E-state index in [1.54, 1.807) is 7.11 Å². The van der Waals surface area contributed by atoms with Crippen LogP contribution in [0.15, 0.2) is 53.7 Å². The molecule has 0 saturated heterocycles. The highest BCUT2D eigenvalue weighted by Gasteiger charge is 2.22. The quantitative estimate of drug-likeness (QED) is 0.433. The zero-order valence-electron chi connectivity index (χ0n) is 17.3. The van der Waals surface area contributed by atoms with Crippen LogP contribution in [0.25, 0.3) is 17.1 Å². The van der Waals surface area contributed by atoms with Crippen LogP contribution in [-0.2, 0) is 9.53 Å². The van der Waals surface area contributed by atoms with Gasteiger partial charge >= 0.3 is 5.97 Å². The number of thioether (sulfide) groups is 1. The summed E-state index contributed by atoms with van der Waals surface area (Å²) in [6.07, 6.45) is 0. The second-order valence-corrected chi connectivity index (χ2v) is 8.45. The minimum atomic E-state index is -0.524. The number of para-hydroxylation sites is 2. The number of hydrogen-bond acceptors (Lipinski definition) is 6. The summed E-state index contributed by atoms with van der Waals surface area (Å²) in [6, 6.07) is 15.7. The van der Waals surface area contributed by atoms with Gasteiger partial charge in [0.2, 0.25) is 0 Å². The van der Waals surface area contributed by atoms with Crippen molar-refractivity contribution >= 4 is 17.7 Å². The highest BCUT2D eigenvalue weighted by molar-refractivity contribution is 7.99. The molecule has 2 aromatic carbocycles. The van der Waals surface area contributed by atoms with Crippen molar-refractivity contribution in [2.24, 2.45) is 0 Å². The number of nitrogens with zero attached hydrogens (tertiary/aromatic N) is 3. The number of benzene rings is 2. The topological polar surface area (TPSA) is 66.2 Å². The van der Waals surface area contributed by atoms with Gasteiger partial charge in [0.1, 0.15) is 11.4 Å². The summed E-state index contributed by atoms with van der Waals surface area (Å²) in [6.45, 7) is 7.59. The summed E-state index contributed by atoms with van der Waals surface area (Å²) < 4.78 is 12.9. The first-order valence-electron chi connectivity index (χ1n) is 9.29. The largest absolute Gasteiger partial charge is 0.496 e. The molecule has 29 heavy (non-hydrogen) atoms. The van der Waals surface area contributed by atoms with Gasteiger partial charge in [-0.15, -0.1) is 10.2 Å². The number of methoxy groups -OCH3 is 1. The molecular formula is C22H25N3O3S. The highest BCUT2D eigenvalue weighted by atomic mass is 32.2. The SMILES string of the molecule is COc1ccccc1-c1nnc(SCC(=O)OC(C)(C)C)n1-c1ccccc1C. The summed E-state index contributed by atoms with van der Waals surface area (Å²) >= 11 is 1.30. The van der Waals surface area contributed by atoms with E-state index in [2.05, 4.69) is 10.2 Å². The predicted molar refractivity (Wildman–Crippen MR) is 115 cm³/mol. The molecule has 152 valence electrons. The van der Waals surface area contributed by atoms with E-state index in [1.807, 2.05) is 80.8 Å². The summed E-state index contributed by atoms with van der Waals surface area (Å²) in [4.78, 5) is 12.2. The molecule has 0 fully saturated rings. The van der Waals surface area contributed by atoms with Crippen LogP contribution in [0, 0.1) is 6.92 Å². The minimum Gasteiger partial charge on any atom is -0.496 e. The fraction of sp³-hybridized carbons (Fsp3) is 0.318. The third-order valence-electron chi connectivity index (χ3n) is 4.08. The van der Waals surface area contributed by atoms with Crippen molar-refractivity contribution in [3.05, 3.63) is 54.1 Å². The molecule has 0 bridgehead atoms. The van der Waals surface area contributed by atoms with Crippen molar-refractivity contribution in [3.8, 4) is 22.8 Å². The van der Waals surface area contributed by atoms with Crippen molar-refractivity contribution in [3.63, 3.8) is 0 Å². The Morgan fingerprint density at radius 1 is 1.07 bits per heavy atom. The molecule has 0 spiro atoms. The van der Waals surface area contributed by atoms with Crippen LogP contribution < -0.4 is 4.74 Å². The van der Waals surface area contributed by atoms with Crippen molar-refractivity contribution in [1.29, 1.82) is 0 Å². The Morgan fingerprint density at radius 2 is 1.76 bits per heavy atom. The first-order valence-corrected chi connectivity index (χ1v) is 10.3. The average Bonchev–Trinajstić information content (AvgIpc) is 3.09. The van der Waals surface area contributed by atoms with Crippen molar-refractivity contribution in [2.45, 2.75) is 38.5 Å². The molecule has 0 saturated carbocycles. The maximum Gasteiger partial charge on any atom is 0.316 e. The Hall–Kier alpha value is -2.80. The number of carbonyl (C=O) groups excluding carboxylic acids is 1. The summed E-state index contributed by atoms with van der Waals surface area (Å²) in [5.74, 6) is 1.22. The molecule has 0 aliphatic heterocycles. The number of hydrogen-bond donors (Lipinski definition) is 0. The average molecular weight is 412 g/mol. The predicted octanol–water partition coefficient (Wildman–Crippen LogP) is 4.69. The smallest absolute Gasteiger partial charge is 0.316 e. The fourth-order valence-electron chi connectivity index (χ4n) is 2.89. The van der Waals surface area contributed by atoms with Crippen LogP contribution >= 0.6 is 11.8 Å². The van der Waals surface area contributed by atoms with E-state index >= 15 is 0 Å². The van der Waals surface area contributed by atoms with Gasteiger partial charge in [0, 0.05) is 0 Å². The zero-order chi connectivity index (χ0) is 21.0. The van der Waals surface area contributed by atoms with Crippen LogP contribution in [0.4, 0.5) is 0 Å². The Labute approximate surface area is 175 Å². The van der Waals surface area contributed by atoms with E-state index in [0.717, 1.165) is 16.8 Å². The molecular weight excluding hydrogens is 386 g/mol. The Morgan fingerprint density at radius 3 is 2.45 bits per heavy atom. The molecule has 0 aliphatic carbocycles. The molecule has 3 rings (SSSR count). The summed E-state index contributed by atoms with van der Waals surface area (Å²) in [7, 11) is 1.63. The molecule has 0 amide bonds. The van der Waals surface area contributed by atoms with Gasteiger partial charge in [0.25, 0.3) is 0 Å². The molecule has 0 atom stereocenters. The number of aryl methyl sites for hydroxylation is 1. The lowest BCUT2D eigenvalue weighted by molar-refractivity contribution is -0.151. The van der Waals surface area contributed by atoms with Crippen molar-refractivity contribution in [2.75, 3.05) is 12.9 Å². The Bertz CT molecular complexity index is 1010. The van der Waals surface area contributed by atoms with Crippen molar-refractivity contribution in [1.82, 2.24) is 14.8 Å². The Kier molecular flexibility index (Phi) is 6.27. The fourth-order valence-corrected chi connectivity index (χ4v) is 3.61. The molecule has 0 radical (unpaired) electrons. The number of esters is 1. The lowest BCUT2D eigenvalue weighted by atomic mass is 10.1. The second kappa shape index (κ2) is 8.69. The molecule has 3 aromatic rings. The maximum atomic E-state index is 12.2. The van der Waals surface area contributed by atoms with Crippen LogP contribution in [0.1, 0.15) is 26.3 Å². The zero-order valence-corrected chi connectivity index (χ0v) is 18.1. The third kappa shape index (κ3) is 4.98. The third-order valence-corrected chi connectivity index (χ3v) is 4.98. The first-order chi connectivity index (χ1) is 13.8. The lowest BCUT2D eigenvalue weighted by Gasteiger charge is -2.19. The van der Waals surface area contributed by atoms with Crippen LogP contribution in [0.2, 0.25) is 0 Å². The monoisotopic (exact) mass is 411 g/mol. The van der Waals surface area contributed by atoms with Gasteiger partial charge in [-0.2, -0.15) is 0 Å². The standard InChI is InChI=1S/C22H25N3O3S/c1-15-10-6-8-12-17(15)25-20(16-11-7-9-13-18(16)27-5)23-24-21(25)29-14-19(26)28-22(2,3)4/h6-13H,14H2,1-5H3. The van der Waals surface area contributed by atoms with Gasteiger partial charge in [-0.3, -0.25) is 9.36 Å². The maximum absolute atomic E-state index is 12.2. The molecule has 7 heteroatoms. The van der Waals surface area contributed by atoms with Gasteiger partial charge in [0.15, 0.2) is 11.0 Å². The van der Waals surface area contributed by atoms with E-state index in [0.29, 0.717) is 16.7 Å². The molecule has 0 unspecified atom stereocenters. The number of aromatic nitrogens is 3. The van der Waals surface area contributed by atoms with E-state index in [4.69, 9.17) is 9.47 Å². The van der Waals surface area contributed by atoms with Gasteiger partial charge in [-0.1, -0.05) is 42.1 Å².